The third-order valence-electron chi connectivity index (χ3n) is 3.49. The van der Waals surface area contributed by atoms with Gasteiger partial charge in [0.25, 0.3) is 0 Å². The average molecular weight is 361 g/mol. The number of benzene rings is 1. The maximum atomic E-state index is 12.2. The average Bonchev–Trinajstić information content (AvgIpc) is 2.59. The number of ether oxygens (including phenoxy) is 1. The molecule has 2 rings (SSSR count). The van der Waals surface area contributed by atoms with Crippen molar-refractivity contribution in [3.8, 4) is 0 Å². The SMILES string of the molecule is COC(=O)c1c(SCC(=O)NC(C)c2ccccc2)nc(=O)[nH]c1C. The third kappa shape index (κ3) is 4.93. The standard InChI is InChI=1S/C17H19N3O4S/c1-10(12-7-5-4-6-8-12)18-13(21)9-25-15-14(16(22)24-3)11(2)19-17(23)20-15/h4-8,10H,9H2,1-3H3,(H,18,21)(H,19,20,23). The van der Waals surface area contributed by atoms with E-state index < -0.39 is 11.7 Å². The highest BCUT2D eigenvalue weighted by Crippen LogP contribution is 2.22. The van der Waals surface area contributed by atoms with Gasteiger partial charge in [0.1, 0.15) is 10.6 Å². The first-order valence-corrected chi connectivity index (χ1v) is 8.57. The lowest BCUT2D eigenvalue weighted by atomic mass is 10.1. The lowest BCUT2D eigenvalue weighted by Crippen LogP contribution is -2.28. The second-order valence-corrected chi connectivity index (χ2v) is 6.29. The van der Waals surface area contributed by atoms with Crippen LogP contribution in [0.3, 0.4) is 0 Å². The van der Waals surface area contributed by atoms with Crippen LogP contribution in [-0.4, -0.2) is 34.7 Å². The molecule has 2 aromatic rings. The Balaban J connectivity index is 2.07. The summed E-state index contributed by atoms with van der Waals surface area (Å²) in [5.41, 5.74) is 0.926. The van der Waals surface area contributed by atoms with E-state index in [1.165, 1.54) is 7.11 Å². The summed E-state index contributed by atoms with van der Waals surface area (Å²) in [7, 11) is 1.25. The summed E-state index contributed by atoms with van der Waals surface area (Å²) in [6.45, 7) is 3.46. The van der Waals surface area contributed by atoms with Crippen molar-refractivity contribution in [2.75, 3.05) is 12.9 Å². The van der Waals surface area contributed by atoms with Crippen molar-refractivity contribution in [1.29, 1.82) is 0 Å². The van der Waals surface area contributed by atoms with Gasteiger partial charge in [-0.1, -0.05) is 42.1 Å². The number of amides is 1. The number of nitrogens with zero attached hydrogens (tertiary/aromatic N) is 1. The first-order chi connectivity index (χ1) is 11.9. The van der Waals surface area contributed by atoms with Gasteiger partial charge in [-0.2, -0.15) is 4.98 Å². The predicted molar refractivity (Wildman–Crippen MR) is 94.7 cm³/mol. The number of aromatic nitrogens is 2. The number of H-pyrrole nitrogens is 1. The molecule has 1 unspecified atom stereocenters. The molecule has 0 fully saturated rings. The minimum Gasteiger partial charge on any atom is -0.465 e. The molecule has 1 heterocycles. The van der Waals surface area contributed by atoms with Gasteiger partial charge in [-0.05, 0) is 19.4 Å². The highest BCUT2D eigenvalue weighted by atomic mass is 32.2. The normalized spacial score (nSPS) is 11.6. The van der Waals surface area contributed by atoms with E-state index in [-0.39, 0.29) is 28.3 Å². The third-order valence-corrected chi connectivity index (χ3v) is 4.47. The Morgan fingerprint density at radius 1 is 1.32 bits per heavy atom. The molecule has 0 saturated heterocycles. The van der Waals surface area contributed by atoms with Crippen molar-refractivity contribution in [3.63, 3.8) is 0 Å². The molecule has 0 aliphatic carbocycles. The topological polar surface area (TPSA) is 101 Å². The van der Waals surface area contributed by atoms with Gasteiger partial charge in [-0.3, -0.25) is 4.79 Å². The molecule has 25 heavy (non-hydrogen) atoms. The second kappa shape index (κ2) is 8.48. The molecular formula is C17H19N3O4S. The maximum absolute atomic E-state index is 12.2. The number of thioether (sulfide) groups is 1. The number of carbonyl (C=O) groups is 2. The van der Waals surface area contributed by atoms with Gasteiger partial charge in [0.05, 0.1) is 18.9 Å². The maximum Gasteiger partial charge on any atom is 0.346 e. The van der Waals surface area contributed by atoms with Crippen LogP contribution < -0.4 is 11.0 Å². The van der Waals surface area contributed by atoms with E-state index in [1.54, 1.807) is 6.92 Å². The van der Waals surface area contributed by atoms with E-state index >= 15 is 0 Å². The van der Waals surface area contributed by atoms with E-state index in [4.69, 9.17) is 4.74 Å². The summed E-state index contributed by atoms with van der Waals surface area (Å²) >= 11 is 1.02. The zero-order chi connectivity index (χ0) is 18.4. The zero-order valence-corrected chi connectivity index (χ0v) is 15.0. The van der Waals surface area contributed by atoms with Gasteiger partial charge in [-0.25, -0.2) is 9.59 Å². The van der Waals surface area contributed by atoms with Crippen molar-refractivity contribution in [2.45, 2.75) is 24.9 Å². The molecule has 1 amide bonds. The molecule has 0 aliphatic heterocycles. The van der Waals surface area contributed by atoms with Crippen LogP contribution in [0.15, 0.2) is 40.2 Å². The summed E-state index contributed by atoms with van der Waals surface area (Å²) in [5, 5.41) is 3.05. The minimum absolute atomic E-state index is 0.0249. The van der Waals surface area contributed by atoms with Gasteiger partial charge in [0, 0.05) is 5.69 Å². The number of aromatic amines is 1. The zero-order valence-electron chi connectivity index (χ0n) is 14.2. The van der Waals surface area contributed by atoms with E-state index in [9.17, 15) is 14.4 Å². The molecule has 7 nitrogen and oxygen atoms in total. The number of esters is 1. The highest BCUT2D eigenvalue weighted by Gasteiger charge is 2.19. The molecule has 132 valence electrons. The predicted octanol–water partition coefficient (Wildman–Crippen LogP) is 1.83. The monoisotopic (exact) mass is 361 g/mol. The van der Waals surface area contributed by atoms with Crippen LogP contribution >= 0.6 is 11.8 Å². The van der Waals surface area contributed by atoms with Crippen molar-refractivity contribution in [1.82, 2.24) is 15.3 Å². The Morgan fingerprint density at radius 2 is 2.00 bits per heavy atom. The Kier molecular flexibility index (Phi) is 6.35. The Bertz CT molecular complexity index is 820. The lowest BCUT2D eigenvalue weighted by molar-refractivity contribution is -0.119. The van der Waals surface area contributed by atoms with E-state index in [2.05, 4.69) is 15.3 Å². The molecule has 0 saturated carbocycles. The largest absolute Gasteiger partial charge is 0.465 e. The summed E-state index contributed by atoms with van der Waals surface area (Å²) in [5.74, 6) is -0.810. The molecule has 8 heteroatoms. The molecule has 0 radical (unpaired) electrons. The smallest absolute Gasteiger partial charge is 0.346 e. The van der Waals surface area contributed by atoms with E-state index in [0.717, 1.165) is 17.3 Å². The fourth-order valence-electron chi connectivity index (χ4n) is 2.25. The molecule has 0 aliphatic rings. The van der Waals surface area contributed by atoms with Crippen molar-refractivity contribution < 1.29 is 14.3 Å². The number of nitrogens with one attached hydrogen (secondary N) is 2. The number of aryl methyl sites for hydroxylation is 1. The van der Waals surface area contributed by atoms with Crippen LogP contribution in [0.4, 0.5) is 0 Å². The summed E-state index contributed by atoms with van der Waals surface area (Å²) in [6, 6.07) is 9.41. The summed E-state index contributed by atoms with van der Waals surface area (Å²) in [6.07, 6.45) is 0. The number of rotatable bonds is 6. The van der Waals surface area contributed by atoms with E-state index in [1.807, 2.05) is 37.3 Å². The molecule has 1 atom stereocenters. The Hall–Kier alpha value is -2.61. The summed E-state index contributed by atoms with van der Waals surface area (Å²) in [4.78, 5) is 41.8. The van der Waals surface area contributed by atoms with Crippen molar-refractivity contribution in [2.24, 2.45) is 0 Å². The molecule has 0 bridgehead atoms. The number of hydrogen-bond donors (Lipinski definition) is 2. The fraction of sp³-hybridized carbons (Fsp3) is 0.294. The molecule has 0 spiro atoms. The number of carbonyl (C=O) groups excluding carboxylic acids is 2. The van der Waals surface area contributed by atoms with Crippen molar-refractivity contribution in [3.05, 3.63) is 57.6 Å². The van der Waals surface area contributed by atoms with Crippen LogP contribution in [0.1, 0.15) is 34.6 Å². The Morgan fingerprint density at radius 3 is 2.64 bits per heavy atom. The fourth-order valence-corrected chi connectivity index (χ4v) is 3.13. The van der Waals surface area contributed by atoms with Crippen LogP contribution in [0.25, 0.3) is 0 Å². The minimum atomic E-state index is -0.609. The molecule has 1 aromatic heterocycles. The lowest BCUT2D eigenvalue weighted by Gasteiger charge is -2.14. The van der Waals surface area contributed by atoms with E-state index in [0.29, 0.717) is 5.69 Å². The van der Waals surface area contributed by atoms with Gasteiger partial charge in [0.2, 0.25) is 5.91 Å². The van der Waals surface area contributed by atoms with Crippen molar-refractivity contribution >= 4 is 23.6 Å². The van der Waals surface area contributed by atoms with Crippen LogP contribution in [0.5, 0.6) is 0 Å². The van der Waals surface area contributed by atoms with Crippen LogP contribution in [0.2, 0.25) is 0 Å². The van der Waals surface area contributed by atoms with Crippen LogP contribution in [-0.2, 0) is 9.53 Å². The van der Waals surface area contributed by atoms with Gasteiger partial charge < -0.3 is 15.0 Å². The highest BCUT2D eigenvalue weighted by molar-refractivity contribution is 8.00. The molecule has 2 N–H and O–H groups in total. The first-order valence-electron chi connectivity index (χ1n) is 7.58. The second-order valence-electron chi connectivity index (χ2n) is 5.33. The number of hydrogen-bond acceptors (Lipinski definition) is 6. The summed E-state index contributed by atoms with van der Waals surface area (Å²) < 4.78 is 4.71. The van der Waals surface area contributed by atoms with Gasteiger partial charge >= 0.3 is 11.7 Å². The number of methoxy groups -OCH3 is 1. The first kappa shape index (κ1) is 18.7. The Labute approximate surface area is 149 Å². The van der Waals surface area contributed by atoms with Gasteiger partial charge in [0.15, 0.2) is 0 Å². The quantitative estimate of drug-likeness (QED) is 0.462. The van der Waals surface area contributed by atoms with Gasteiger partial charge in [-0.15, -0.1) is 0 Å². The van der Waals surface area contributed by atoms with Crippen LogP contribution in [0, 0.1) is 6.92 Å². The molecule has 1 aromatic carbocycles. The molecular weight excluding hydrogens is 342 g/mol.